The maximum atomic E-state index is 9.78. The molecule has 0 fully saturated rings. The Balaban J connectivity index is 2.60. The van der Waals surface area contributed by atoms with E-state index in [4.69, 9.17) is 0 Å². The third kappa shape index (κ3) is 3.19. The van der Waals surface area contributed by atoms with Crippen LogP contribution in [0.2, 0.25) is 0 Å². The van der Waals surface area contributed by atoms with Crippen LogP contribution in [0.3, 0.4) is 0 Å². The van der Waals surface area contributed by atoms with Gasteiger partial charge >= 0.3 is 0 Å². The molecule has 0 aromatic heterocycles. The lowest BCUT2D eigenvalue weighted by Crippen LogP contribution is -1.97. The minimum Gasteiger partial charge on any atom is -0.388 e. The van der Waals surface area contributed by atoms with Crippen LogP contribution in [-0.4, -0.2) is 5.11 Å². The lowest BCUT2D eigenvalue weighted by molar-refractivity contribution is 0.164. The molecule has 0 aliphatic rings. The number of aliphatic hydroxyl groups excluding tert-OH is 1. The first-order valence-corrected chi connectivity index (χ1v) is 4.98. The van der Waals surface area contributed by atoms with Gasteiger partial charge in [0.15, 0.2) is 0 Å². The third-order valence-electron chi connectivity index (χ3n) is 2.26. The number of benzene rings is 1. The van der Waals surface area contributed by atoms with Crippen LogP contribution in [0.1, 0.15) is 43.4 Å². The highest BCUT2D eigenvalue weighted by Gasteiger charge is 2.05. The van der Waals surface area contributed by atoms with Crippen molar-refractivity contribution in [3.8, 4) is 0 Å². The summed E-state index contributed by atoms with van der Waals surface area (Å²) in [5.74, 6) is 0. The molecule has 1 rings (SSSR count). The fourth-order valence-corrected chi connectivity index (χ4v) is 1.44. The number of aryl methyl sites for hydroxylation is 1. The quantitative estimate of drug-likeness (QED) is 0.750. The van der Waals surface area contributed by atoms with E-state index in [1.165, 1.54) is 5.56 Å². The smallest absolute Gasteiger partial charge is 0.0790 e. The molecule has 0 spiro atoms. The minimum absolute atomic E-state index is 0.278. The molecule has 0 aliphatic heterocycles. The molecule has 72 valence electrons. The highest BCUT2D eigenvalue weighted by molar-refractivity contribution is 5.23. The van der Waals surface area contributed by atoms with Crippen molar-refractivity contribution in [2.45, 2.75) is 39.2 Å². The molecule has 0 amide bonds. The van der Waals surface area contributed by atoms with Crippen molar-refractivity contribution < 1.29 is 5.11 Å². The summed E-state index contributed by atoms with van der Waals surface area (Å²) in [6, 6.07) is 8.10. The normalized spacial score (nSPS) is 12.8. The van der Waals surface area contributed by atoms with Crippen LogP contribution in [0, 0.1) is 6.92 Å². The lowest BCUT2D eigenvalue weighted by atomic mass is 10.0. The Bertz CT molecular complexity index is 255. The zero-order valence-corrected chi connectivity index (χ0v) is 8.46. The number of hydrogen-bond donors (Lipinski definition) is 1. The number of rotatable bonds is 4. The SMILES string of the molecule is CCCCC(O)c1cccc(C)c1. The van der Waals surface area contributed by atoms with Crippen LogP contribution < -0.4 is 0 Å². The van der Waals surface area contributed by atoms with Gasteiger partial charge in [0.25, 0.3) is 0 Å². The summed E-state index contributed by atoms with van der Waals surface area (Å²) in [5, 5.41) is 9.78. The molecule has 1 N–H and O–H groups in total. The molecular weight excluding hydrogens is 160 g/mol. The molecule has 1 aromatic carbocycles. The van der Waals surface area contributed by atoms with Crippen molar-refractivity contribution in [1.29, 1.82) is 0 Å². The molecule has 1 unspecified atom stereocenters. The molecule has 0 saturated carbocycles. The predicted octanol–water partition coefficient (Wildman–Crippen LogP) is 3.22. The van der Waals surface area contributed by atoms with Gasteiger partial charge in [-0.2, -0.15) is 0 Å². The van der Waals surface area contributed by atoms with E-state index >= 15 is 0 Å². The molecule has 1 heteroatoms. The predicted molar refractivity (Wildman–Crippen MR) is 55.7 cm³/mol. The fourth-order valence-electron chi connectivity index (χ4n) is 1.44. The highest BCUT2D eigenvalue weighted by atomic mass is 16.3. The zero-order valence-electron chi connectivity index (χ0n) is 8.46. The van der Waals surface area contributed by atoms with Gasteiger partial charge in [0.2, 0.25) is 0 Å². The summed E-state index contributed by atoms with van der Waals surface area (Å²) in [7, 11) is 0. The Hall–Kier alpha value is -0.820. The second-order valence-corrected chi connectivity index (χ2v) is 3.57. The Kier molecular flexibility index (Phi) is 3.97. The van der Waals surface area contributed by atoms with E-state index in [9.17, 15) is 5.11 Å². The lowest BCUT2D eigenvalue weighted by Gasteiger charge is -2.10. The first kappa shape index (κ1) is 10.3. The van der Waals surface area contributed by atoms with E-state index in [1.54, 1.807) is 0 Å². The molecule has 1 atom stereocenters. The summed E-state index contributed by atoms with van der Waals surface area (Å²) < 4.78 is 0. The summed E-state index contributed by atoms with van der Waals surface area (Å²) in [4.78, 5) is 0. The Morgan fingerprint density at radius 1 is 1.38 bits per heavy atom. The van der Waals surface area contributed by atoms with Gasteiger partial charge in [-0.15, -0.1) is 0 Å². The minimum atomic E-state index is -0.278. The van der Waals surface area contributed by atoms with Gasteiger partial charge in [-0.1, -0.05) is 49.6 Å². The van der Waals surface area contributed by atoms with Gasteiger partial charge in [0, 0.05) is 0 Å². The topological polar surface area (TPSA) is 20.2 Å². The zero-order chi connectivity index (χ0) is 9.68. The average Bonchev–Trinajstić information content (AvgIpc) is 2.14. The van der Waals surface area contributed by atoms with Crippen molar-refractivity contribution in [1.82, 2.24) is 0 Å². The van der Waals surface area contributed by atoms with Crippen LogP contribution in [-0.2, 0) is 0 Å². The molecule has 0 bridgehead atoms. The van der Waals surface area contributed by atoms with Crippen molar-refractivity contribution >= 4 is 0 Å². The number of aliphatic hydroxyl groups is 1. The molecule has 1 nitrogen and oxygen atoms in total. The molecular formula is C12H18O. The van der Waals surface area contributed by atoms with Gasteiger partial charge < -0.3 is 5.11 Å². The third-order valence-corrected chi connectivity index (χ3v) is 2.26. The van der Waals surface area contributed by atoms with Crippen molar-refractivity contribution in [2.75, 3.05) is 0 Å². The largest absolute Gasteiger partial charge is 0.388 e. The van der Waals surface area contributed by atoms with Crippen molar-refractivity contribution in [3.63, 3.8) is 0 Å². The van der Waals surface area contributed by atoms with Gasteiger partial charge in [0.05, 0.1) is 6.10 Å². The van der Waals surface area contributed by atoms with Gasteiger partial charge in [-0.3, -0.25) is 0 Å². The summed E-state index contributed by atoms with van der Waals surface area (Å²) in [6.45, 7) is 4.19. The number of unbranched alkanes of at least 4 members (excludes halogenated alkanes) is 1. The maximum Gasteiger partial charge on any atom is 0.0790 e. The van der Waals surface area contributed by atoms with E-state index in [2.05, 4.69) is 26.0 Å². The monoisotopic (exact) mass is 178 g/mol. The maximum absolute atomic E-state index is 9.78. The molecule has 0 radical (unpaired) electrons. The highest BCUT2D eigenvalue weighted by Crippen LogP contribution is 2.19. The average molecular weight is 178 g/mol. The van der Waals surface area contributed by atoms with E-state index in [0.717, 1.165) is 24.8 Å². The van der Waals surface area contributed by atoms with E-state index in [1.807, 2.05) is 12.1 Å². The standard InChI is InChI=1S/C12H18O/c1-3-4-8-12(13)11-7-5-6-10(2)9-11/h5-7,9,12-13H,3-4,8H2,1-2H3. The summed E-state index contributed by atoms with van der Waals surface area (Å²) in [6.07, 6.45) is 2.83. The van der Waals surface area contributed by atoms with E-state index in [-0.39, 0.29) is 6.10 Å². The Labute approximate surface area is 80.4 Å². The van der Waals surface area contributed by atoms with Crippen LogP contribution in [0.15, 0.2) is 24.3 Å². The Morgan fingerprint density at radius 3 is 2.77 bits per heavy atom. The second kappa shape index (κ2) is 5.03. The van der Waals surface area contributed by atoms with Crippen molar-refractivity contribution in [2.24, 2.45) is 0 Å². The van der Waals surface area contributed by atoms with Gasteiger partial charge in [-0.25, -0.2) is 0 Å². The van der Waals surface area contributed by atoms with Crippen molar-refractivity contribution in [3.05, 3.63) is 35.4 Å². The summed E-state index contributed by atoms with van der Waals surface area (Å²) in [5.41, 5.74) is 2.27. The second-order valence-electron chi connectivity index (χ2n) is 3.57. The van der Waals surface area contributed by atoms with Gasteiger partial charge in [0.1, 0.15) is 0 Å². The first-order valence-electron chi connectivity index (χ1n) is 4.98. The van der Waals surface area contributed by atoms with Crippen LogP contribution >= 0.6 is 0 Å². The van der Waals surface area contributed by atoms with Crippen LogP contribution in [0.5, 0.6) is 0 Å². The van der Waals surface area contributed by atoms with E-state index < -0.39 is 0 Å². The first-order chi connectivity index (χ1) is 6.24. The molecule has 0 saturated heterocycles. The summed E-state index contributed by atoms with van der Waals surface area (Å²) >= 11 is 0. The van der Waals surface area contributed by atoms with Gasteiger partial charge in [-0.05, 0) is 18.9 Å². The molecule has 0 heterocycles. The number of hydrogen-bond acceptors (Lipinski definition) is 1. The molecule has 1 aromatic rings. The Morgan fingerprint density at radius 2 is 2.15 bits per heavy atom. The van der Waals surface area contributed by atoms with E-state index in [0.29, 0.717) is 0 Å². The fraction of sp³-hybridized carbons (Fsp3) is 0.500. The van der Waals surface area contributed by atoms with Crippen LogP contribution in [0.4, 0.5) is 0 Å². The van der Waals surface area contributed by atoms with Crippen LogP contribution in [0.25, 0.3) is 0 Å². The molecule has 0 aliphatic carbocycles. The molecule has 13 heavy (non-hydrogen) atoms.